The summed E-state index contributed by atoms with van der Waals surface area (Å²) in [5.41, 5.74) is 4.50. The summed E-state index contributed by atoms with van der Waals surface area (Å²) >= 11 is 0. The van der Waals surface area contributed by atoms with E-state index < -0.39 is 8.32 Å². The van der Waals surface area contributed by atoms with Crippen LogP contribution in [-0.2, 0) is 4.43 Å². The number of rotatable bonds is 5. The van der Waals surface area contributed by atoms with Crippen LogP contribution in [-0.4, -0.2) is 14.4 Å². The van der Waals surface area contributed by atoms with Gasteiger partial charge in [-0.05, 0) is 79.6 Å². The third-order valence-electron chi connectivity index (χ3n) is 8.26. The van der Waals surface area contributed by atoms with Gasteiger partial charge in [-0.3, -0.25) is 0 Å². The van der Waals surface area contributed by atoms with Crippen LogP contribution in [0.25, 0.3) is 0 Å². The molecule has 0 radical (unpaired) electrons. The highest BCUT2D eigenvalue weighted by molar-refractivity contribution is 6.99. The maximum atomic E-state index is 7.67. The van der Waals surface area contributed by atoms with Gasteiger partial charge in [0, 0.05) is 6.10 Å². The average molecular weight is 529 g/mol. The van der Waals surface area contributed by atoms with Gasteiger partial charge in [0.15, 0.2) is 0 Å². The normalized spacial score (nSPS) is 24.9. The van der Waals surface area contributed by atoms with Crippen molar-refractivity contribution in [3.63, 3.8) is 0 Å². The molecule has 2 heteroatoms. The highest BCUT2D eigenvalue weighted by Gasteiger charge is 2.51. The third-order valence-corrected chi connectivity index (χ3v) is 13.4. The zero-order chi connectivity index (χ0) is 27.8. The van der Waals surface area contributed by atoms with Crippen LogP contribution in [0.3, 0.4) is 0 Å². The average Bonchev–Trinajstić information content (AvgIpc) is 2.86. The van der Waals surface area contributed by atoms with Crippen LogP contribution in [0.5, 0.6) is 0 Å². The highest BCUT2D eigenvalue weighted by Crippen LogP contribution is 2.39. The summed E-state index contributed by atoms with van der Waals surface area (Å²) in [6.45, 7) is 18.9. The Kier molecular flexibility index (Phi) is 11.0. The Bertz CT molecular complexity index is 1050. The molecule has 1 aliphatic carbocycles. The van der Waals surface area contributed by atoms with Crippen LogP contribution in [0.2, 0.25) is 5.04 Å². The lowest BCUT2D eigenvalue weighted by Gasteiger charge is -2.45. The molecular formula is C36H52OSi. The van der Waals surface area contributed by atoms with Crippen molar-refractivity contribution in [2.24, 2.45) is 11.8 Å². The molecule has 0 heterocycles. The van der Waals surface area contributed by atoms with E-state index in [4.69, 9.17) is 4.43 Å². The molecule has 1 nitrogen and oxygen atoms in total. The van der Waals surface area contributed by atoms with E-state index in [1.54, 1.807) is 5.57 Å². The number of benzene rings is 2. The summed E-state index contributed by atoms with van der Waals surface area (Å²) in [5.74, 6) is 1.18. The molecule has 0 amide bonds. The lowest BCUT2D eigenvalue weighted by molar-refractivity contribution is 0.156. The molecule has 206 valence electrons. The first-order valence-electron chi connectivity index (χ1n) is 14.8. The summed E-state index contributed by atoms with van der Waals surface area (Å²) in [6, 6.07) is 22.2. The van der Waals surface area contributed by atoms with Gasteiger partial charge in [-0.2, -0.15) is 0 Å². The van der Waals surface area contributed by atoms with E-state index in [9.17, 15) is 0 Å². The van der Waals surface area contributed by atoms with Crippen molar-refractivity contribution in [3.05, 3.63) is 95.6 Å². The van der Waals surface area contributed by atoms with E-state index in [1.165, 1.54) is 34.4 Å². The fraction of sp³-hybridized carbons (Fsp3) is 0.500. The fourth-order valence-electron chi connectivity index (χ4n) is 5.98. The van der Waals surface area contributed by atoms with Crippen LogP contribution >= 0.6 is 0 Å². The first-order valence-corrected chi connectivity index (χ1v) is 16.7. The Morgan fingerprint density at radius 2 is 1.39 bits per heavy atom. The largest absolute Gasteiger partial charge is 0.404 e. The third kappa shape index (κ3) is 7.93. The molecule has 2 atom stereocenters. The van der Waals surface area contributed by atoms with E-state index in [-0.39, 0.29) is 11.1 Å². The minimum absolute atomic E-state index is 0.0137. The number of hydrogen-bond acceptors (Lipinski definition) is 1. The summed E-state index contributed by atoms with van der Waals surface area (Å²) in [7, 11) is -2.60. The molecule has 1 aliphatic rings. The van der Waals surface area contributed by atoms with E-state index >= 15 is 0 Å². The molecule has 0 spiro atoms. The van der Waals surface area contributed by atoms with E-state index in [2.05, 4.69) is 134 Å². The molecule has 0 aliphatic heterocycles. The Balaban J connectivity index is 2.09. The van der Waals surface area contributed by atoms with Crippen LogP contribution in [0, 0.1) is 11.8 Å². The quantitative estimate of drug-likeness (QED) is 0.277. The van der Waals surface area contributed by atoms with Crippen LogP contribution < -0.4 is 10.4 Å². The highest BCUT2D eigenvalue weighted by atomic mass is 28.4. The van der Waals surface area contributed by atoms with E-state index in [0.717, 1.165) is 25.7 Å². The van der Waals surface area contributed by atoms with Crippen LogP contribution in [0.15, 0.2) is 95.6 Å². The van der Waals surface area contributed by atoms with Crippen LogP contribution in [0.1, 0.15) is 93.9 Å². The van der Waals surface area contributed by atoms with Gasteiger partial charge in [0.2, 0.25) is 0 Å². The van der Waals surface area contributed by atoms with Crippen molar-refractivity contribution in [1.29, 1.82) is 0 Å². The number of hydrogen-bond donors (Lipinski definition) is 0. The second-order valence-electron chi connectivity index (χ2n) is 13.0. The summed E-state index contributed by atoms with van der Waals surface area (Å²) in [4.78, 5) is 0. The SMILES string of the molecule is C/C1=C\CC[C@H](C)CC(O[Si](c2ccccc2)(c2ccccc2)C(C)(C)C)C/C(C)=C/C=C(\C(C)C)CC1. The minimum atomic E-state index is -2.60. The zero-order valence-electron chi connectivity index (χ0n) is 25.4. The molecule has 0 aromatic heterocycles. The standard InChI is InChI=1S/C36H52OSi/c1-28(2)32-24-22-29(3)16-15-17-30(4)26-33(27-31(5)23-25-32)37-38(36(6,7)8,34-18-11-9-12-19-34)35-20-13-10-14-21-35/h9-14,16,18-21,23,25,28,30,33H,15,17,22,24,26-27H2,1-8H3/b29-16+,31-23+,32-25-/t30-,33?/m0/s1. The first kappa shape index (κ1) is 30.4. The maximum Gasteiger partial charge on any atom is 0.261 e. The van der Waals surface area contributed by atoms with Crippen molar-refractivity contribution in [2.45, 2.75) is 105 Å². The van der Waals surface area contributed by atoms with Crippen molar-refractivity contribution < 1.29 is 4.43 Å². The van der Waals surface area contributed by atoms with E-state index in [0.29, 0.717) is 11.8 Å². The fourth-order valence-corrected chi connectivity index (χ4v) is 10.7. The molecule has 0 bridgehead atoms. The molecule has 0 fully saturated rings. The van der Waals surface area contributed by atoms with Crippen molar-refractivity contribution >= 4 is 18.7 Å². The smallest absolute Gasteiger partial charge is 0.261 e. The molecule has 2 aromatic rings. The van der Waals surface area contributed by atoms with Gasteiger partial charge in [0.25, 0.3) is 8.32 Å². The second kappa shape index (κ2) is 13.8. The van der Waals surface area contributed by atoms with Gasteiger partial charge in [-0.1, -0.05) is 137 Å². The van der Waals surface area contributed by atoms with Gasteiger partial charge in [-0.15, -0.1) is 0 Å². The summed E-state index contributed by atoms with van der Waals surface area (Å²) in [5, 5.41) is 2.72. The second-order valence-corrected chi connectivity index (χ2v) is 17.2. The molecule has 0 N–H and O–H groups in total. The molecule has 0 saturated carbocycles. The molecule has 3 rings (SSSR count). The predicted molar refractivity (Wildman–Crippen MR) is 170 cm³/mol. The zero-order valence-corrected chi connectivity index (χ0v) is 26.4. The van der Waals surface area contributed by atoms with Gasteiger partial charge in [-0.25, -0.2) is 0 Å². The molecule has 0 saturated heterocycles. The van der Waals surface area contributed by atoms with Gasteiger partial charge in [0.05, 0.1) is 0 Å². The molecule has 1 unspecified atom stereocenters. The number of allylic oxidation sites excluding steroid dienone is 5. The van der Waals surface area contributed by atoms with Crippen LogP contribution in [0.4, 0.5) is 0 Å². The topological polar surface area (TPSA) is 9.23 Å². The Morgan fingerprint density at radius 1 is 0.816 bits per heavy atom. The lowest BCUT2D eigenvalue weighted by Crippen LogP contribution is -2.67. The summed E-state index contributed by atoms with van der Waals surface area (Å²) in [6.07, 6.45) is 14.2. The lowest BCUT2D eigenvalue weighted by atomic mass is 9.92. The van der Waals surface area contributed by atoms with Gasteiger partial charge in [0.1, 0.15) is 0 Å². The van der Waals surface area contributed by atoms with Gasteiger partial charge >= 0.3 is 0 Å². The first-order chi connectivity index (χ1) is 18.0. The Labute approximate surface area is 235 Å². The Morgan fingerprint density at radius 3 is 1.92 bits per heavy atom. The van der Waals surface area contributed by atoms with Gasteiger partial charge < -0.3 is 4.43 Å². The summed E-state index contributed by atoms with van der Waals surface area (Å²) < 4.78 is 7.67. The maximum absolute atomic E-state index is 7.67. The van der Waals surface area contributed by atoms with Crippen molar-refractivity contribution in [1.82, 2.24) is 0 Å². The minimum Gasteiger partial charge on any atom is -0.404 e. The molecular weight excluding hydrogens is 476 g/mol. The molecule has 2 aromatic carbocycles. The van der Waals surface area contributed by atoms with Crippen molar-refractivity contribution in [2.75, 3.05) is 0 Å². The molecule has 38 heavy (non-hydrogen) atoms. The monoisotopic (exact) mass is 528 g/mol. The predicted octanol–water partition coefficient (Wildman–Crippen LogP) is 9.40. The van der Waals surface area contributed by atoms with Crippen molar-refractivity contribution in [3.8, 4) is 0 Å². The van der Waals surface area contributed by atoms with E-state index in [1.807, 2.05) is 0 Å². The Hall–Kier alpha value is -2.16.